The molecule has 2 aromatic carbocycles. The van der Waals surface area contributed by atoms with Crippen molar-refractivity contribution in [2.75, 3.05) is 17.6 Å². The summed E-state index contributed by atoms with van der Waals surface area (Å²) in [5.41, 5.74) is 5.60. The number of halogens is 2. The van der Waals surface area contributed by atoms with Crippen molar-refractivity contribution in [3.05, 3.63) is 71.6 Å². The van der Waals surface area contributed by atoms with Crippen LogP contribution in [0.2, 0.25) is 0 Å². The van der Waals surface area contributed by atoms with Gasteiger partial charge in [-0.15, -0.1) is 0 Å². The van der Waals surface area contributed by atoms with Gasteiger partial charge in [0.05, 0.1) is 11.6 Å². The van der Waals surface area contributed by atoms with E-state index in [0.717, 1.165) is 63.8 Å². The van der Waals surface area contributed by atoms with Crippen molar-refractivity contribution < 1.29 is 23.1 Å². The van der Waals surface area contributed by atoms with Crippen LogP contribution in [0.5, 0.6) is 11.5 Å². The highest BCUT2D eigenvalue weighted by atomic mass is 32.2. The molecule has 5 nitrogen and oxygen atoms in total. The quantitative estimate of drug-likeness (QED) is 0.222. The molecule has 1 aliphatic rings. The Morgan fingerprint density at radius 2 is 1.91 bits per heavy atom. The Kier molecular flexibility index (Phi) is 6.08. The minimum Gasteiger partial charge on any atom is -0.454 e. The van der Waals surface area contributed by atoms with Crippen LogP contribution in [0.25, 0.3) is 22.2 Å². The van der Waals surface area contributed by atoms with E-state index in [2.05, 4.69) is 22.7 Å². The highest BCUT2D eigenvalue weighted by molar-refractivity contribution is 8.00. The van der Waals surface area contributed by atoms with Crippen LogP contribution in [0.4, 0.5) is 14.5 Å². The predicted octanol–water partition coefficient (Wildman–Crippen LogP) is 6.52. The molecular weight excluding hydrogens is 456 g/mol. The predicted molar refractivity (Wildman–Crippen MR) is 131 cm³/mol. The summed E-state index contributed by atoms with van der Waals surface area (Å²) < 4.78 is 39.4. The number of ether oxygens (including phenoxy) is 1. The second-order valence-corrected chi connectivity index (χ2v) is 9.41. The molecule has 0 bridgehead atoms. The van der Waals surface area contributed by atoms with Crippen molar-refractivity contribution in [3.63, 3.8) is 0 Å². The first-order chi connectivity index (χ1) is 16.5. The summed E-state index contributed by atoms with van der Waals surface area (Å²) in [4.78, 5) is 8.79. The Hall–Kier alpha value is -3.26. The summed E-state index contributed by atoms with van der Waals surface area (Å²) in [6.45, 7) is 4.05. The smallest absolute Gasteiger partial charge is 0.326 e. The maximum atomic E-state index is 14.5. The number of aromatic amines is 1. The zero-order chi connectivity index (χ0) is 23.8. The van der Waals surface area contributed by atoms with Crippen LogP contribution in [0, 0.1) is 18.6 Å². The Morgan fingerprint density at radius 1 is 1.09 bits per heavy atom. The lowest BCUT2D eigenvalue weighted by Crippen LogP contribution is -2.44. The lowest BCUT2D eigenvalue weighted by molar-refractivity contribution is -0.870. The molecule has 0 spiro atoms. The third-order valence-corrected chi connectivity index (χ3v) is 6.63. The highest BCUT2D eigenvalue weighted by Crippen LogP contribution is 2.49. The Bertz CT molecular complexity index is 1370. The van der Waals surface area contributed by atoms with Gasteiger partial charge in [0.1, 0.15) is 24.4 Å². The number of nitrogens with zero attached hydrogens (tertiary/aromatic N) is 1. The zero-order valence-electron chi connectivity index (χ0n) is 19.2. The normalized spacial score (nSPS) is 13.3. The number of benzene rings is 2. The molecule has 0 unspecified atom stereocenters. The first-order valence-corrected chi connectivity index (χ1v) is 12.2. The van der Waals surface area contributed by atoms with Crippen LogP contribution in [0.3, 0.4) is 0 Å². The molecule has 34 heavy (non-hydrogen) atoms. The van der Waals surface area contributed by atoms with Crippen molar-refractivity contribution in [1.29, 1.82) is 0 Å². The van der Waals surface area contributed by atoms with Crippen molar-refractivity contribution in [1.82, 2.24) is 4.98 Å². The number of H-pyrrole nitrogens is 1. The van der Waals surface area contributed by atoms with Gasteiger partial charge in [-0.25, -0.2) is 13.8 Å². The molecule has 2 heterocycles. The molecule has 8 heteroatoms. The van der Waals surface area contributed by atoms with E-state index >= 15 is 0 Å². The van der Waals surface area contributed by atoms with E-state index in [4.69, 9.17) is 9.57 Å². The van der Waals surface area contributed by atoms with Crippen molar-refractivity contribution in [2.24, 2.45) is 0 Å². The minimum absolute atomic E-state index is 0.0158. The summed E-state index contributed by atoms with van der Waals surface area (Å²) in [6, 6.07) is 11.4. The van der Waals surface area contributed by atoms with Crippen molar-refractivity contribution in [2.45, 2.75) is 32.6 Å². The molecule has 1 fully saturated rings. The van der Waals surface area contributed by atoms with Gasteiger partial charge in [-0.3, -0.25) is 0 Å². The number of rotatable bonds is 8. The summed E-state index contributed by atoms with van der Waals surface area (Å²) >= 11 is 1.63. The van der Waals surface area contributed by atoms with E-state index in [1.54, 1.807) is 23.8 Å². The fraction of sp³-hybridized carbons (Fsp3) is 0.269. The van der Waals surface area contributed by atoms with Crippen molar-refractivity contribution in [3.8, 4) is 22.6 Å². The minimum atomic E-state index is -0.740. The number of pyridine rings is 1. The third-order valence-electron chi connectivity index (χ3n) is 5.97. The molecule has 0 atom stereocenters. The lowest BCUT2D eigenvalue weighted by atomic mass is 9.97. The van der Waals surface area contributed by atoms with Gasteiger partial charge in [0.2, 0.25) is 0 Å². The summed E-state index contributed by atoms with van der Waals surface area (Å²) in [5.74, 6) is 0.482. The van der Waals surface area contributed by atoms with Gasteiger partial charge in [-0.1, -0.05) is 18.9 Å². The van der Waals surface area contributed by atoms with Crippen LogP contribution in [0.1, 0.15) is 36.9 Å². The number of anilines is 1. The van der Waals surface area contributed by atoms with Crippen LogP contribution in [-0.4, -0.2) is 17.8 Å². The van der Waals surface area contributed by atoms with E-state index in [1.807, 2.05) is 31.3 Å². The van der Waals surface area contributed by atoms with Crippen LogP contribution in [-0.2, 0) is 0 Å². The van der Waals surface area contributed by atoms with Crippen molar-refractivity contribution >= 4 is 28.7 Å². The van der Waals surface area contributed by atoms with Gasteiger partial charge >= 0.3 is 5.65 Å². The first-order valence-electron chi connectivity index (χ1n) is 11.3. The molecule has 2 N–H and O–H groups in total. The molecule has 1 saturated carbocycles. The molecule has 5 rings (SSSR count). The molecule has 1 aliphatic carbocycles. The second kappa shape index (κ2) is 9.18. The molecular formula is C26H26F2N3O2S+. The number of fused-ring (bicyclic) bond motifs is 1. The largest absolute Gasteiger partial charge is 0.454 e. The van der Waals surface area contributed by atoms with Gasteiger partial charge < -0.3 is 14.3 Å². The lowest BCUT2D eigenvalue weighted by Gasteiger charge is -2.19. The summed E-state index contributed by atoms with van der Waals surface area (Å²) in [5, 5.41) is 0.935. The number of hydrogen-bond donors (Lipinski definition) is 2. The molecule has 0 saturated heterocycles. The van der Waals surface area contributed by atoms with E-state index in [-0.39, 0.29) is 5.75 Å². The van der Waals surface area contributed by atoms with Gasteiger partial charge in [-0.05, 0) is 65.5 Å². The highest BCUT2D eigenvalue weighted by Gasteiger charge is 2.29. The monoisotopic (exact) mass is 482 g/mol. The van der Waals surface area contributed by atoms with Crippen LogP contribution >= 0.6 is 11.9 Å². The van der Waals surface area contributed by atoms with Crippen LogP contribution < -0.4 is 19.0 Å². The number of aromatic nitrogens is 2. The number of nitrogens with one attached hydrogen (secondary N) is 2. The van der Waals surface area contributed by atoms with E-state index in [9.17, 15) is 8.78 Å². The maximum Gasteiger partial charge on any atom is 0.326 e. The third kappa shape index (κ3) is 4.18. The maximum absolute atomic E-state index is 14.5. The molecule has 0 radical (unpaired) electrons. The van der Waals surface area contributed by atoms with E-state index in [0.29, 0.717) is 11.7 Å². The summed E-state index contributed by atoms with van der Waals surface area (Å²) in [6.07, 6.45) is 4.07. The molecule has 4 aromatic rings. The van der Waals surface area contributed by atoms with Gasteiger partial charge in [-0.2, -0.15) is 0 Å². The average molecular weight is 483 g/mol. The van der Waals surface area contributed by atoms with E-state index < -0.39 is 11.6 Å². The molecule has 0 amide bonds. The fourth-order valence-corrected chi connectivity index (χ4v) is 4.74. The standard InChI is InChI=1S/C26H25F2N3O2S/c1-4-34-30-23-13-21(20-11-15(2)31(32-3)26-18(20)9-10-29-26)25(14-19(23)16-5-6-16)33-24-8-7-17(27)12-22(24)28/h7-14,16,30H,4-6H2,1-3H3/p+1. The fourth-order valence-electron chi connectivity index (χ4n) is 4.26. The average Bonchev–Trinajstić information content (AvgIpc) is 3.55. The SMILES string of the molecule is CCSNc1cc(-c2cc(C)[n+](OC)c3[nH]ccc23)c(Oc2ccc(F)cc2F)cc1C1CC1. The topological polar surface area (TPSA) is 50.2 Å². The van der Waals surface area contributed by atoms with Crippen LogP contribution in [0.15, 0.2) is 48.7 Å². The molecule has 2 aromatic heterocycles. The van der Waals surface area contributed by atoms with Gasteiger partial charge in [0.15, 0.2) is 11.6 Å². The Balaban J connectivity index is 1.73. The van der Waals surface area contributed by atoms with E-state index in [1.165, 1.54) is 12.1 Å². The number of aryl methyl sites for hydroxylation is 1. The Labute approximate surface area is 201 Å². The van der Waals surface area contributed by atoms with Gasteiger partial charge in [0.25, 0.3) is 0 Å². The first kappa shape index (κ1) is 22.5. The molecule has 176 valence electrons. The van der Waals surface area contributed by atoms with Gasteiger partial charge in [0, 0.05) is 35.6 Å². The summed E-state index contributed by atoms with van der Waals surface area (Å²) in [7, 11) is 1.62. The second-order valence-electron chi connectivity index (χ2n) is 8.34. The zero-order valence-corrected chi connectivity index (χ0v) is 20.1. The number of hydrogen-bond acceptors (Lipinski definition) is 4. The Morgan fingerprint density at radius 3 is 2.62 bits per heavy atom. The molecule has 0 aliphatic heterocycles.